The highest BCUT2D eigenvalue weighted by Gasteiger charge is 2.21. The summed E-state index contributed by atoms with van der Waals surface area (Å²) in [6, 6.07) is 6.37. The molecule has 0 aliphatic carbocycles. The van der Waals surface area contributed by atoms with Crippen LogP contribution in [-0.4, -0.2) is 55.1 Å². The monoisotopic (exact) mass is 324 g/mol. The fourth-order valence-corrected chi connectivity index (χ4v) is 3.21. The lowest BCUT2D eigenvalue weighted by molar-refractivity contribution is -0.129. The molecule has 0 spiro atoms. The van der Waals surface area contributed by atoms with Gasteiger partial charge in [-0.2, -0.15) is 0 Å². The fourth-order valence-electron chi connectivity index (χ4n) is 3.21. The predicted octanol–water partition coefficient (Wildman–Crippen LogP) is 1.64. The number of amides is 1. The number of nitrogens with one attached hydrogen (secondary N) is 1. The van der Waals surface area contributed by atoms with E-state index >= 15 is 0 Å². The molecule has 0 aromatic carbocycles. The molecular weight excluding hydrogens is 300 g/mol. The average molecular weight is 325 g/mol. The minimum Gasteiger partial charge on any atom is -0.353 e. The fraction of sp³-hybridized carbons (Fsp3) is 0.625. The first-order valence-electron chi connectivity index (χ1n) is 7.92. The molecule has 2 aliphatic heterocycles. The largest absolute Gasteiger partial charge is 0.353 e. The van der Waals surface area contributed by atoms with Crippen LogP contribution in [0.1, 0.15) is 31.4 Å². The van der Waals surface area contributed by atoms with Gasteiger partial charge in [-0.15, -0.1) is 12.4 Å². The number of rotatable bonds is 2. The Bertz CT molecular complexity index is 497. The van der Waals surface area contributed by atoms with E-state index in [0.29, 0.717) is 5.92 Å². The van der Waals surface area contributed by atoms with E-state index in [1.165, 1.54) is 18.5 Å². The lowest BCUT2D eigenvalue weighted by atomic mass is 9.94. The molecular formula is C16H25ClN4O. The molecule has 2 saturated heterocycles. The summed E-state index contributed by atoms with van der Waals surface area (Å²) in [7, 11) is 0. The number of nitrogens with zero attached hydrogens (tertiary/aromatic N) is 3. The summed E-state index contributed by atoms with van der Waals surface area (Å²) in [6.45, 7) is 7.18. The van der Waals surface area contributed by atoms with Gasteiger partial charge in [0.05, 0.1) is 0 Å². The molecule has 2 fully saturated rings. The Labute approximate surface area is 138 Å². The molecule has 0 atom stereocenters. The van der Waals surface area contributed by atoms with Crippen molar-refractivity contribution in [3.63, 3.8) is 0 Å². The summed E-state index contributed by atoms with van der Waals surface area (Å²) in [5, 5.41) is 3.40. The van der Waals surface area contributed by atoms with Crippen LogP contribution >= 0.6 is 12.4 Å². The number of hydrogen-bond donors (Lipinski definition) is 1. The van der Waals surface area contributed by atoms with Crippen LogP contribution in [0.15, 0.2) is 18.2 Å². The van der Waals surface area contributed by atoms with Crippen molar-refractivity contribution in [2.24, 2.45) is 0 Å². The highest BCUT2D eigenvalue weighted by Crippen LogP contribution is 2.25. The van der Waals surface area contributed by atoms with Gasteiger partial charge in [-0.05, 0) is 38.1 Å². The van der Waals surface area contributed by atoms with Gasteiger partial charge in [0.2, 0.25) is 5.91 Å². The number of pyridine rings is 1. The maximum absolute atomic E-state index is 11.4. The SMILES string of the molecule is CC(=O)N1CCN(c2cccc(C3CCNCC3)n2)CC1.Cl. The highest BCUT2D eigenvalue weighted by atomic mass is 35.5. The summed E-state index contributed by atoms with van der Waals surface area (Å²) in [5.74, 6) is 1.82. The van der Waals surface area contributed by atoms with Gasteiger partial charge in [0.25, 0.3) is 0 Å². The molecule has 122 valence electrons. The first-order chi connectivity index (χ1) is 10.2. The van der Waals surface area contributed by atoms with Gasteiger partial charge >= 0.3 is 0 Å². The van der Waals surface area contributed by atoms with Gasteiger partial charge in [0.15, 0.2) is 0 Å². The topological polar surface area (TPSA) is 48.5 Å². The number of piperidine rings is 1. The van der Waals surface area contributed by atoms with Crippen LogP contribution in [-0.2, 0) is 4.79 Å². The van der Waals surface area contributed by atoms with Gasteiger partial charge in [0.1, 0.15) is 5.82 Å². The molecule has 0 saturated carbocycles. The molecule has 3 rings (SSSR count). The lowest BCUT2D eigenvalue weighted by Gasteiger charge is -2.35. The van der Waals surface area contributed by atoms with Crippen LogP contribution in [0.3, 0.4) is 0 Å². The summed E-state index contributed by atoms with van der Waals surface area (Å²) in [4.78, 5) is 20.5. The molecule has 0 radical (unpaired) electrons. The third-order valence-electron chi connectivity index (χ3n) is 4.56. The van der Waals surface area contributed by atoms with E-state index in [4.69, 9.17) is 4.98 Å². The number of halogens is 1. The third kappa shape index (κ3) is 3.90. The Morgan fingerprint density at radius 2 is 1.86 bits per heavy atom. The standard InChI is InChI=1S/C16H24N4O.ClH/c1-13(21)19-9-11-20(12-10-19)16-4-2-3-15(18-16)14-5-7-17-8-6-14;/h2-4,14,17H,5-12H2,1H3;1H. The normalized spacial score (nSPS) is 19.7. The Kier molecular flexibility index (Phi) is 6.03. The third-order valence-corrected chi connectivity index (χ3v) is 4.56. The van der Waals surface area contributed by atoms with Crippen molar-refractivity contribution in [2.75, 3.05) is 44.2 Å². The zero-order valence-electron chi connectivity index (χ0n) is 13.1. The summed E-state index contributed by atoms with van der Waals surface area (Å²) >= 11 is 0. The molecule has 22 heavy (non-hydrogen) atoms. The van der Waals surface area contributed by atoms with Crippen LogP contribution in [0.25, 0.3) is 0 Å². The van der Waals surface area contributed by atoms with E-state index in [2.05, 4.69) is 28.4 Å². The van der Waals surface area contributed by atoms with Gasteiger partial charge in [-0.3, -0.25) is 4.79 Å². The highest BCUT2D eigenvalue weighted by molar-refractivity contribution is 5.85. The van der Waals surface area contributed by atoms with Crippen molar-refractivity contribution in [2.45, 2.75) is 25.7 Å². The van der Waals surface area contributed by atoms with Crippen LogP contribution in [0.5, 0.6) is 0 Å². The molecule has 1 N–H and O–H groups in total. The van der Waals surface area contributed by atoms with E-state index < -0.39 is 0 Å². The zero-order valence-corrected chi connectivity index (χ0v) is 13.9. The number of carbonyl (C=O) groups is 1. The zero-order chi connectivity index (χ0) is 14.7. The number of hydrogen-bond acceptors (Lipinski definition) is 4. The molecule has 1 aromatic heterocycles. The van der Waals surface area contributed by atoms with Crippen LogP contribution in [0, 0.1) is 0 Å². The van der Waals surface area contributed by atoms with Crippen LogP contribution in [0.2, 0.25) is 0 Å². The molecule has 1 amide bonds. The van der Waals surface area contributed by atoms with Crippen LogP contribution in [0.4, 0.5) is 5.82 Å². The van der Waals surface area contributed by atoms with Crippen molar-refractivity contribution in [1.29, 1.82) is 0 Å². The summed E-state index contributed by atoms with van der Waals surface area (Å²) in [6.07, 6.45) is 2.35. The van der Waals surface area contributed by atoms with E-state index in [1.807, 2.05) is 4.90 Å². The molecule has 0 unspecified atom stereocenters. The predicted molar refractivity (Wildman–Crippen MR) is 90.8 cm³/mol. The molecule has 3 heterocycles. The Balaban J connectivity index is 0.00000176. The van der Waals surface area contributed by atoms with Crippen molar-refractivity contribution in [1.82, 2.24) is 15.2 Å². The molecule has 0 bridgehead atoms. The maximum atomic E-state index is 11.4. The number of aromatic nitrogens is 1. The van der Waals surface area contributed by atoms with E-state index in [1.54, 1.807) is 6.92 Å². The minimum atomic E-state index is 0. The van der Waals surface area contributed by atoms with Crippen LogP contribution < -0.4 is 10.2 Å². The second kappa shape index (κ2) is 7.79. The van der Waals surface area contributed by atoms with Crippen molar-refractivity contribution in [3.05, 3.63) is 23.9 Å². The van der Waals surface area contributed by atoms with Gasteiger partial charge < -0.3 is 15.1 Å². The van der Waals surface area contributed by atoms with E-state index in [-0.39, 0.29) is 18.3 Å². The first kappa shape index (κ1) is 17.0. The quantitative estimate of drug-likeness (QED) is 0.898. The van der Waals surface area contributed by atoms with E-state index in [0.717, 1.165) is 45.1 Å². The van der Waals surface area contributed by atoms with E-state index in [9.17, 15) is 4.79 Å². The molecule has 6 heteroatoms. The number of anilines is 1. The maximum Gasteiger partial charge on any atom is 0.219 e. The lowest BCUT2D eigenvalue weighted by Crippen LogP contribution is -2.48. The van der Waals surface area contributed by atoms with Gasteiger partial charge in [-0.25, -0.2) is 4.98 Å². The Morgan fingerprint density at radius 3 is 2.50 bits per heavy atom. The molecule has 5 nitrogen and oxygen atoms in total. The Morgan fingerprint density at radius 1 is 1.18 bits per heavy atom. The molecule has 2 aliphatic rings. The molecule has 1 aromatic rings. The van der Waals surface area contributed by atoms with Crippen molar-refractivity contribution in [3.8, 4) is 0 Å². The first-order valence-corrected chi connectivity index (χ1v) is 7.92. The number of carbonyl (C=O) groups excluding carboxylic acids is 1. The second-order valence-electron chi connectivity index (χ2n) is 5.94. The smallest absolute Gasteiger partial charge is 0.219 e. The van der Waals surface area contributed by atoms with Crippen molar-refractivity contribution < 1.29 is 4.79 Å². The summed E-state index contributed by atoms with van der Waals surface area (Å²) in [5.41, 5.74) is 1.22. The van der Waals surface area contributed by atoms with Crippen molar-refractivity contribution >= 4 is 24.1 Å². The minimum absolute atomic E-state index is 0. The summed E-state index contributed by atoms with van der Waals surface area (Å²) < 4.78 is 0. The average Bonchev–Trinajstić information content (AvgIpc) is 2.56. The Hall–Kier alpha value is -1.33. The van der Waals surface area contributed by atoms with Gasteiger partial charge in [0, 0.05) is 44.7 Å². The number of piperazine rings is 1. The van der Waals surface area contributed by atoms with Gasteiger partial charge in [-0.1, -0.05) is 6.07 Å². The second-order valence-corrected chi connectivity index (χ2v) is 5.94.